The first-order chi connectivity index (χ1) is 9.21. The van der Waals surface area contributed by atoms with Crippen LogP contribution in [-0.4, -0.2) is 24.8 Å². The Kier molecular flexibility index (Phi) is 4.12. The summed E-state index contributed by atoms with van der Waals surface area (Å²) in [5.74, 6) is 0.176. The summed E-state index contributed by atoms with van der Waals surface area (Å²) in [5.41, 5.74) is 1.83. The second kappa shape index (κ2) is 5.80. The Morgan fingerprint density at radius 2 is 1.84 bits per heavy atom. The van der Waals surface area contributed by atoms with Gasteiger partial charge in [-0.15, -0.1) is 11.8 Å². The van der Waals surface area contributed by atoms with Gasteiger partial charge in [-0.05, 0) is 41.6 Å². The first kappa shape index (κ1) is 13.5. The van der Waals surface area contributed by atoms with Gasteiger partial charge in [0.1, 0.15) is 0 Å². The average molecular weight is 274 g/mol. The van der Waals surface area contributed by atoms with E-state index >= 15 is 0 Å². The van der Waals surface area contributed by atoms with Gasteiger partial charge in [0.05, 0.1) is 12.7 Å². The summed E-state index contributed by atoms with van der Waals surface area (Å²) >= 11 is 1.65. The van der Waals surface area contributed by atoms with Crippen molar-refractivity contribution in [3.63, 3.8) is 0 Å². The predicted octanol–water partition coefficient (Wildman–Crippen LogP) is 3.60. The van der Waals surface area contributed by atoms with Crippen LogP contribution in [0.2, 0.25) is 0 Å². The number of carbonyl (C=O) groups is 1. The van der Waals surface area contributed by atoms with Crippen LogP contribution in [0.3, 0.4) is 0 Å². The van der Waals surface area contributed by atoms with Crippen LogP contribution in [0.5, 0.6) is 11.5 Å². The van der Waals surface area contributed by atoms with E-state index in [1.54, 1.807) is 23.9 Å². The Morgan fingerprint density at radius 1 is 1.16 bits per heavy atom. The van der Waals surface area contributed by atoms with Crippen molar-refractivity contribution in [2.45, 2.75) is 4.90 Å². The predicted molar refractivity (Wildman–Crippen MR) is 77.3 cm³/mol. The van der Waals surface area contributed by atoms with E-state index in [2.05, 4.69) is 0 Å². The molecule has 0 saturated carbocycles. The Bertz CT molecular complexity index is 591. The fourth-order valence-electron chi connectivity index (χ4n) is 1.89. The average Bonchev–Trinajstić information content (AvgIpc) is 2.47. The Hall–Kier alpha value is -1.94. The molecular formula is C15H14O3S. The van der Waals surface area contributed by atoms with Crippen LogP contribution >= 0.6 is 11.8 Å². The molecule has 19 heavy (non-hydrogen) atoms. The summed E-state index contributed by atoms with van der Waals surface area (Å²) < 4.78 is 5.00. The molecule has 3 nitrogen and oxygen atoms in total. The highest BCUT2D eigenvalue weighted by Crippen LogP contribution is 2.36. The molecule has 0 spiro atoms. The minimum atomic E-state index is -0.121. The van der Waals surface area contributed by atoms with E-state index in [1.807, 2.05) is 30.5 Å². The molecule has 0 aromatic heterocycles. The first-order valence-electron chi connectivity index (χ1n) is 5.70. The maximum atomic E-state index is 11.2. The quantitative estimate of drug-likeness (QED) is 0.683. The molecule has 98 valence electrons. The fraction of sp³-hybridized carbons (Fsp3) is 0.133. The normalized spacial score (nSPS) is 10.2. The molecule has 2 aromatic rings. The lowest BCUT2D eigenvalue weighted by atomic mass is 9.99. The minimum absolute atomic E-state index is 0.121. The van der Waals surface area contributed by atoms with Crippen molar-refractivity contribution < 1.29 is 14.6 Å². The van der Waals surface area contributed by atoms with Gasteiger partial charge in [-0.2, -0.15) is 0 Å². The molecule has 0 saturated heterocycles. The van der Waals surface area contributed by atoms with E-state index < -0.39 is 0 Å². The van der Waals surface area contributed by atoms with Crippen LogP contribution < -0.4 is 4.74 Å². The van der Waals surface area contributed by atoms with E-state index in [4.69, 9.17) is 4.74 Å². The van der Waals surface area contributed by atoms with Crippen molar-refractivity contribution in [3.05, 3.63) is 42.0 Å². The third-order valence-corrected chi connectivity index (χ3v) is 3.66. The molecule has 0 heterocycles. The summed E-state index contributed by atoms with van der Waals surface area (Å²) in [6.07, 6.45) is 2.65. The molecule has 0 amide bonds. The number of thioether (sulfide) groups is 1. The Morgan fingerprint density at radius 3 is 2.37 bits per heavy atom. The van der Waals surface area contributed by atoms with E-state index in [0.29, 0.717) is 17.6 Å². The van der Waals surface area contributed by atoms with E-state index in [9.17, 15) is 9.90 Å². The highest BCUT2D eigenvalue weighted by Gasteiger charge is 2.13. The van der Waals surface area contributed by atoms with Crippen LogP contribution in [-0.2, 0) is 0 Å². The van der Waals surface area contributed by atoms with Crippen molar-refractivity contribution in [1.82, 2.24) is 0 Å². The van der Waals surface area contributed by atoms with Crippen LogP contribution in [0.25, 0.3) is 11.1 Å². The number of carbonyl (C=O) groups excluding carboxylic acids is 1. The zero-order valence-electron chi connectivity index (χ0n) is 10.7. The SMILES string of the molecule is COc1ccc(-c2ccc(SC)cc2)c(C=O)c1O. The number of hydrogen-bond donors (Lipinski definition) is 1. The van der Waals surface area contributed by atoms with Gasteiger partial charge in [0.15, 0.2) is 17.8 Å². The van der Waals surface area contributed by atoms with Gasteiger partial charge in [-0.25, -0.2) is 0 Å². The third kappa shape index (κ3) is 2.58. The number of rotatable bonds is 4. The number of aromatic hydroxyl groups is 1. The summed E-state index contributed by atoms with van der Waals surface area (Å²) in [4.78, 5) is 12.3. The molecule has 0 fully saturated rings. The largest absolute Gasteiger partial charge is 0.504 e. The standard InChI is InChI=1S/C15H14O3S/c1-18-14-8-7-12(13(9-16)15(14)17)10-3-5-11(19-2)6-4-10/h3-9,17H,1-2H3. The topological polar surface area (TPSA) is 46.5 Å². The number of hydrogen-bond acceptors (Lipinski definition) is 4. The number of methoxy groups -OCH3 is 1. The molecule has 0 bridgehead atoms. The van der Waals surface area contributed by atoms with Gasteiger partial charge < -0.3 is 9.84 Å². The zero-order chi connectivity index (χ0) is 13.8. The van der Waals surface area contributed by atoms with Crippen molar-refractivity contribution in [2.75, 3.05) is 13.4 Å². The molecule has 0 aliphatic carbocycles. The molecule has 0 aliphatic rings. The van der Waals surface area contributed by atoms with Crippen LogP contribution in [0.4, 0.5) is 0 Å². The van der Waals surface area contributed by atoms with E-state index in [-0.39, 0.29) is 11.3 Å². The summed E-state index contributed by atoms with van der Waals surface area (Å²) in [5, 5.41) is 9.97. The minimum Gasteiger partial charge on any atom is -0.504 e. The molecule has 0 atom stereocenters. The summed E-state index contributed by atoms with van der Waals surface area (Å²) in [7, 11) is 1.45. The van der Waals surface area contributed by atoms with Crippen molar-refractivity contribution in [2.24, 2.45) is 0 Å². The number of phenolic OH excluding ortho intramolecular Hbond substituents is 1. The number of phenols is 1. The number of aldehydes is 1. The van der Waals surface area contributed by atoms with Gasteiger partial charge >= 0.3 is 0 Å². The lowest BCUT2D eigenvalue weighted by molar-refractivity contribution is 0.112. The molecular weight excluding hydrogens is 260 g/mol. The van der Waals surface area contributed by atoms with Crippen LogP contribution in [0.15, 0.2) is 41.3 Å². The molecule has 2 aromatic carbocycles. The Balaban J connectivity index is 2.54. The number of benzene rings is 2. The second-order valence-corrected chi connectivity index (χ2v) is 4.80. The van der Waals surface area contributed by atoms with Gasteiger partial charge in [0.2, 0.25) is 0 Å². The van der Waals surface area contributed by atoms with Crippen molar-refractivity contribution in [1.29, 1.82) is 0 Å². The van der Waals surface area contributed by atoms with Gasteiger partial charge in [0.25, 0.3) is 0 Å². The van der Waals surface area contributed by atoms with E-state index in [0.717, 1.165) is 10.5 Å². The molecule has 2 rings (SSSR count). The maximum absolute atomic E-state index is 11.2. The first-order valence-corrected chi connectivity index (χ1v) is 6.93. The van der Waals surface area contributed by atoms with Gasteiger partial charge in [0, 0.05) is 4.90 Å². The number of ether oxygens (including phenoxy) is 1. The van der Waals surface area contributed by atoms with Crippen molar-refractivity contribution in [3.8, 4) is 22.6 Å². The lowest BCUT2D eigenvalue weighted by Gasteiger charge is -2.10. The zero-order valence-corrected chi connectivity index (χ0v) is 11.5. The highest BCUT2D eigenvalue weighted by atomic mass is 32.2. The molecule has 0 radical (unpaired) electrons. The maximum Gasteiger partial charge on any atom is 0.169 e. The fourth-order valence-corrected chi connectivity index (χ4v) is 2.30. The molecule has 0 aliphatic heterocycles. The monoisotopic (exact) mass is 274 g/mol. The Labute approximate surface area is 116 Å². The van der Waals surface area contributed by atoms with Crippen LogP contribution in [0.1, 0.15) is 10.4 Å². The van der Waals surface area contributed by atoms with E-state index in [1.165, 1.54) is 7.11 Å². The van der Waals surface area contributed by atoms with Crippen LogP contribution in [0, 0.1) is 0 Å². The lowest BCUT2D eigenvalue weighted by Crippen LogP contribution is -1.92. The smallest absolute Gasteiger partial charge is 0.169 e. The third-order valence-electron chi connectivity index (χ3n) is 2.92. The van der Waals surface area contributed by atoms with Gasteiger partial charge in [-0.3, -0.25) is 4.79 Å². The molecule has 1 N–H and O–H groups in total. The summed E-state index contributed by atoms with van der Waals surface area (Å²) in [6.45, 7) is 0. The summed E-state index contributed by atoms with van der Waals surface area (Å²) in [6, 6.07) is 11.3. The van der Waals surface area contributed by atoms with Crippen molar-refractivity contribution >= 4 is 18.0 Å². The highest BCUT2D eigenvalue weighted by molar-refractivity contribution is 7.98. The van der Waals surface area contributed by atoms with Gasteiger partial charge in [-0.1, -0.05) is 12.1 Å². The molecule has 0 unspecified atom stereocenters. The second-order valence-electron chi connectivity index (χ2n) is 3.92. The molecule has 4 heteroatoms.